The standard InChI is InChI=1S/C7H4Cl2FNO2/c8-3-1-2(7(12)13)5(10)4(9)6(3)11/h1H,11H2,(H,12,13). The second-order valence-corrected chi connectivity index (χ2v) is 3.04. The molecule has 0 aliphatic rings. The average molecular weight is 224 g/mol. The molecule has 6 heteroatoms. The van der Waals surface area contributed by atoms with Crippen LogP contribution in [0.5, 0.6) is 0 Å². The van der Waals surface area contributed by atoms with E-state index < -0.39 is 22.4 Å². The number of carboxylic acids is 1. The lowest BCUT2D eigenvalue weighted by molar-refractivity contribution is 0.0692. The van der Waals surface area contributed by atoms with Crippen molar-refractivity contribution in [3.63, 3.8) is 0 Å². The van der Waals surface area contributed by atoms with Gasteiger partial charge in [0.25, 0.3) is 0 Å². The van der Waals surface area contributed by atoms with Crippen LogP contribution in [-0.4, -0.2) is 11.1 Å². The number of hydrogen-bond donors (Lipinski definition) is 2. The van der Waals surface area contributed by atoms with Crippen LogP contribution in [0.15, 0.2) is 6.07 Å². The van der Waals surface area contributed by atoms with Gasteiger partial charge in [0.15, 0.2) is 5.82 Å². The van der Waals surface area contributed by atoms with E-state index in [0.717, 1.165) is 6.07 Å². The predicted molar refractivity (Wildman–Crippen MR) is 47.8 cm³/mol. The van der Waals surface area contributed by atoms with Crippen LogP contribution in [-0.2, 0) is 0 Å². The minimum Gasteiger partial charge on any atom is -0.478 e. The first-order valence-electron chi connectivity index (χ1n) is 3.11. The van der Waals surface area contributed by atoms with Gasteiger partial charge in [-0.15, -0.1) is 0 Å². The van der Waals surface area contributed by atoms with Gasteiger partial charge in [0.2, 0.25) is 0 Å². The van der Waals surface area contributed by atoms with Gasteiger partial charge in [0, 0.05) is 0 Å². The van der Waals surface area contributed by atoms with Crippen molar-refractivity contribution in [1.29, 1.82) is 0 Å². The summed E-state index contributed by atoms with van der Waals surface area (Å²) in [7, 11) is 0. The van der Waals surface area contributed by atoms with Crippen LogP contribution in [0.25, 0.3) is 0 Å². The number of benzene rings is 1. The molecule has 0 atom stereocenters. The Morgan fingerprint density at radius 1 is 1.54 bits per heavy atom. The van der Waals surface area contributed by atoms with Gasteiger partial charge in [-0.05, 0) is 6.07 Å². The van der Waals surface area contributed by atoms with E-state index in [1.165, 1.54) is 0 Å². The summed E-state index contributed by atoms with van der Waals surface area (Å²) >= 11 is 10.9. The molecule has 0 spiro atoms. The van der Waals surface area contributed by atoms with Gasteiger partial charge in [-0.3, -0.25) is 0 Å². The van der Waals surface area contributed by atoms with Crippen molar-refractivity contribution in [2.24, 2.45) is 0 Å². The third-order valence-corrected chi connectivity index (χ3v) is 2.11. The molecule has 0 unspecified atom stereocenters. The van der Waals surface area contributed by atoms with Gasteiger partial charge in [-0.25, -0.2) is 9.18 Å². The molecule has 0 radical (unpaired) electrons. The molecular formula is C7H4Cl2FNO2. The first-order chi connectivity index (χ1) is 5.95. The number of carboxylic acid groups (broad SMARTS) is 1. The first kappa shape index (κ1) is 10.1. The molecule has 0 heterocycles. The number of nitrogens with two attached hydrogens (primary N) is 1. The summed E-state index contributed by atoms with van der Waals surface area (Å²) in [6, 6.07) is 0.917. The van der Waals surface area contributed by atoms with Crippen molar-refractivity contribution < 1.29 is 14.3 Å². The number of halogens is 3. The lowest BCUT2D eigenvalue weighted by Crippen LogP contribution is -2.03. The number of anilines is 1. The Balaban J connectivity index is 3.50. The maximum Gasteiger partial charge on any atom is 0.338 e. The highest BCUT2D eigenvalue weighted by molar-refractivity contribution is 6.39. The molecular weight excluding hydrogens is 220 g/mol. The van der Waals surface area contributed by atoms with E-state index in [-0.39, 0.29) is 10.7 Å². The zero-order valence-electron chi connectivity index (χ0n) is 6.14. The van der Waals surface area contributed by atoms with Crippen molar-refractivity contribution in [2.75, 3.05) is 5.73 Å². The van der Waals surface area contributed by atoms with Crippen molar-refractivity contribution in [2.45, 2.75) is 0 Å². The fraction of sp³-hybridized carbons (Fsp3) is 0. The van der Waals surface area contributed by atoms with Gasteiger partial charge >= 0.3 is 5.97 Å². The number of nitrogen functional groups attached to an aromatic ring is 1. The summed E-state index contributed by atoms with van der Waals surface area (Å²) in [5.41, 5.74) is 4.50. The lowest BCUT2D eigenvalue weighted by Gasteiger charge is -2.04. The topological polar surface area (TPSA) is 63.3 Å². The highest BCUT2D eigenvalue weighted by atomic mass is 35.5. The summed E-state index contributed by atoms with van der Waals surface area (Å²) in [6.45, 7) is 0. The van der Waals surface area contributed by atoms with E-state index >= 15 is 0 Å². The van der Waals surface area contributed by atoms with Gasteiger partial charge in [0.05, 0.1) is 16.3 Å². The molecule has 70 valence electrons. The Bertz CT molecular complexity index is 381. The maximum atomic E-state index is 13.0. The average Bonchev–Trinajstić information content (AvgIpc) is 2.07. The van der Waals surface area contributed by atoms with Crippen molar-refractivity contribution >= 4 is 34.9 Å². The van der Waals surface area contributed by atoms with E-state index in [1.807, 2.05) is 0 Å². The van der Waals surface area contributed by atoms with Gasteiger partial charge < -0.3 is 10.8 Å². The Labute approximate surface area is 82.9 Å². The predicted octanol–water partition coefficient (Wildman–Crippen LogP) is 2.41. The first-order valence-corrected chi connectivity index (χ1v) is 3.87. The molecule has 0 bridgehead atoms. The third-order valence-electron chi connectivity index (χ3n) is 1.42. The highest BCUT2D eigenvalue weighted by Gasteiger charge is 2.18. The third kappa shape index (κ3) is 1.68. The maximum absolute atomic E-state index is 13.0. The van der Waals surface area contributed by atoms with Crippen LogP contribution in [0.4, 0.5) is 10.1 Å². The highest BCUT2D eigenvalue weighted by Crippen LogP contribution is 2.32. The largest absolute Gasteiger partial charge is 0.478 e. The summed E-state index contributed by atoms with van der Waals surface area (Å²) in [6.07, 6.45) is 0. The molecule has 0 saturated heterocycles. The summed E-state index contributed by atoms with van der Waals surface area (Å²) in [5.74, 6) is -2.52. The van der Waals surface area contributed by atoms with E-state index in [9.17, 15) is 9.18 Å². The molecule has 3 nitrogen and oxygen atoms in total. The summed E-state index contributed by atoms with van der Waals surface area (Å²) in [4.78, 5) is 10.4. The molecule has 3 N–H and O–H groups in total. The second-order valence-electron chi connectivity index (χ2n) is 2.25. The molecule has 0 aliphatic heterocycles. The van der Waals surface area contributed by atoms with Gasteiger partial charge in [-0.2, -0.15) is 0 Å². The SMILES string of the molecule is Nc1c(Cl)cc(C(=O)O)c(F)c1Cl. The normalized spacial score (nSPS) is 10.1. The number of aromatic carboxylic acids is 1. The molecule has 0 aliphatic carbocycles. The van der Waals surface area contributed by atoms with Crippen molar-refractivity contribution in [3.05, 3.63) is 27.5 Å². The van der Waals surface area contributed by atoms with Crippen LogP contribution in [0, 0.1) is 5.82 Å². The molecule has 0 amide bonds. The number of hydrogen-bond acceptors (Lipinski definition) is 2. The fourth-order valence-electron chi connectivity index (χ4n) is 0.765. The number of rotatable bonds is 1. The number of carbonyl (C=O) groups is 1. The van der Waals surface area contributed by atoms with Gasteiger partial charge in [-0.1, -0.05) is 23.2 Å². The molecule has 0 fully saturated rings. The van der Waals surface area contributed by atoms with Crippen LogP contribution < -0.4 is 5.73 Å². The second kappa shape index (κ2) is 3.40. The van der Waals surface area contributed by atoms with Crippen LogP contribution >= 0.6 is 23.2 Å². The minimum absolute atomic E-state index is 0.0798. The van der Waals surface area contributed by atoms with Gasteiger partial charge in [0.1, 0.15) is 5.02 Å². The van der Waals surface area contributed by atoms with E-state index in [1.54, 1.807) is 0 Å². The molecule has 0 saturated carbocycles. The lowest BCUT2D eigenvalue weighted by atomic mass is 10.2. The molecule has 1 rings (SSSR count). The Morgan fingerprint density at radius 2 is 2.08 bits per heavy atom. The molecule has 1 aromatic carbocycles. The molecule has 0 aromatic heterocycles. The zero-order valence-corrected chi connectivity index (χ0v) is 7.66. The van der Waals surface area contributed by atoms with Crippen LogP contribution in [0.1, 0.15) is 10.4 Å². The van der Waals surface area contributed by atoms with Crippen LogP contribution in [0.2, 0.25) is 10.0 Å². The molecule has 1 aromatic rings. The fourth-order valence-corrected chi connectivity index (χ4v) is 1.22. The van der Waals surface area contributed by atoms with E-state index in [2.05, 4.69) is 0 Å². The Kier molecular flexibility index (Phi) is 2.63. The van der Waals surface area contributed by atoms with Crippen molar-refractivity contribution in [1.82, 2.24) is 0 Å². The summed E-state index contributed by atoms with van der Waals surface area (Å²) < 4.78 is 13.0. The minimum atomic E-state index is -1.44. The smallest absolute Gasteiger partial charge is 0.338 e. The Morgan fingerprint density at radius 3 is 2.54 bits per heavy atom. The summed E-state index contributed by atoms with van der Waals surface area (Å²) in [5, 5.41) is 7.96. The molecule has 13 heavy (non-hydrogen) atoms. The zero-order chi connectivity index (χ0) is 10.2. The van der Waals surface area contributed by atoms with E-state index in [4.69, 9.17) is 34.0 Å². The van der Waals surface area contributed by atoms with E-state index in [0.29, 0.717) is 0 Å². The monoisotopic (exact) mass is 223 g/mol. The van der Waals surface area contributed by atoms with Crippen LogP contribution in [0.3, 0.4) is 0 Å². The quantitative estimate of drug-likeness (QED) is 0.568. The van der Waals surface area contributed by atoms with Crippen molar-refractivity contribution in [3.8, 4) is 0 Å². The Hall–Kier alpha value is -1.00.